The van der Waals surface area contributed by atoms with Gasteiger partial charge < -0.3 is 20.7 Å². The van der Waals surface area contributed by atoms with E-state index in [1.165, 1.54) is 23.1 Å². The predicted octanol–water partition coefficient (Wildman–Crippen LogP) is 2.01. The summed E-state index contributed by atoms with van der Waals surface area (Å²) in [5, 5.41) is 3.16. The van der Waals surface area contributed by atoms with Crippen LogP contribution in [0.4, 0.5) is 14.5 Å². The Morgan fingerprint density at radius 3 is 2.79 bits per heavy atom. The van der Waals surface area contributed by atoms with Crippen molar-refractivity contribution in [2.75, 3.05) is 11.9 Å². The quantitative estimate of drug-likeness (QED) is 0.882. The number of anilines is 1. The van der Waals surface area contributed by atoms with E-state index in [0.29, 0.717) is 18.7 Å². The summed E-state index contributed by atoms with van der Waals surface area (Å²) in [7, 11) is 0. The van der Waals surface area contributed by atoms with Crippen LogP contribution in [0.1, 0.15) is 30.6 Å². The lowest BCUT2D eigenvalue weighted by molar-refractivity contribution is -0.130. The van der Waals surface area contributed by atoms with E-state index in [1.807, 2.05) is 13.8 Å². The van der Waals surface area contributed by atoms with Gasteiger partial charge in [0.15, 0.2) is 0 Å². The molecule has 2 heterocycles. The van der Waals surface area contributed by atoms with Crippen LogP contribution in [0.2, 0.25) is 0 Å². The number of fused-ring (bicyclic) bond motifs is 2. The number of nitrogens with zero attached hydrogens (tertiary/aromatic N) is 1. The minimum absolute atomic E-state index is 0.0823. The highest BCUT2D eigenvalue weighted by atomic mass is 19.3. The molecule has 0 bridgehead atoms. The highest BCUT2D eigenvalue weighted by Gasteiger charge is 2.49. The molecule has 0 aromatic heterocycles. The largest absolute Gasteiger partial charge is 0.435 e. The first-order chi connectivity index (χ1) is 11.2. The van der Waals surface area contributed by atoms with Crippen LogP contribution in [-0.4, -0.2) is 36.0 Å². The molecule has 2 aliphatic rings. The van der Waals surface area contributed by atoms with Crippen LogP contribution in [0.3, 0.4) is 0 Å². The Bertz CT molecular complexity index is 693. The number of benzene rings is 1. The number of piperidine rings is 1. The zero-order valence-electron chi connectivity index (χ0n) is 13.4. The first-order valence-electron chi connectivity index (χ1n) is 7.66. The van der Waals surface area contributed by atoms with Gasteiger partial charge in [0.1, 0.15) is 11.9 Å². The summed E-state index contributed by atoms with van der Waals surface area (Å²) < 4.78 is 29.1. The van der Waals surface area contributed by atoms with Crippen LogP contribution >= 0.6 is 0 Å². The molecule has 2 unspecified atom stereocenters. The molecule has 24 heavy (non-hydrogen) atoms. The number of alkyl halides is 2. The highest BCUT2D eigenvalue weighted by molar-refractivity contribution is 6.02. The fourth-order valence-corrected chi connectivity index (χ4v) is 3.56. The second kappa shape index (κ2) is 5.61. The smallest absolute Gasteiger partial charge is 0.387 e. The first kappa shape index (κ1) is 16.5. The Morgan fingerprint density at radius 1 is 1.46 bits per heavy atom. The van der Waals surface area contributed by atoms with E-state index < -0.39 is 24.6 Å². The highest BCUT2D eigenvalue weighted by Crippen LogP contribution is 2.43. The number of nitrogens with one attached hydrogen (secondary N) is 1. The van der Waals surface area contributed by atoms with E-state index in [1.54, 1.807) is 0 Å². The van der Waals surface area contributed by atoms with Gasteiger partial charge in [0.2, 0.25) is 5.91 Å². The number of hydrogen-bond acceptors (Lipinski definition) is 4. The van der Waals surface area contributed by atoms with Crippen molar-refractivity contribution in [1.82, 2.24) is 4.90 Å². The number of hydrogen-bond donors (Lipinski definition) is 2. The van der Waals surface area contributed by atoms with Crippen molar-refractivity contribution in [2.45, 2.75) is 33.0 Å². The zero-order valence-corrected chi connectivity index (χ0v) is 13.4. The number of primary amides is 1. The topological polar surface area (TPSA) is 84.7 Å². The average molecular weight is 339 g/mol. The molecular formula is C16H19F2N3O3. The Labute approximate surface area is 137 Å². The number of carbonyl (C=O) groups excluding carboxylic acids is 2. The summed E-state index contributed by atoms with van der Waals surface area (Å²) in [6.07, 6.45) is 0.0701. The molecule has 8 heteroatoms. The third-order valence-electron chi connectivity index (χ3n) is 4.81. The Hall–Kier alpha value is -2.38. The molecule has 1 aromatic carbocycles. The number of nitrogens with two attached hydrogens (primary N) is 1. The molecule has 6 nitrogen and oxygen atoms in total. The van der Waals surface area contributed by atoms with Crippen LogP contribution in [0.15, 0.2) is 18.2 Å². The molecular weight excluding hydrogens is 320 g/mol. The van der Waals surface area contributed by atoms with Crippen molar-refractivity contribution >= 4 is 17.5 Å². The molecule has 3 rings (SSSR count). The molecule has 2 amide bonds. The van der Waals surface area contributed by atoms with Crippen LogP contribution in [0, 0.1) is 11.3 Å². The standard InChI is InChI=1S/C16H19F2N3O3/c1-16(2)5-6-21-13(11(16)12(19)22)20-10-4-3-8(24-15(17)18)7-9(10)14(21)23/h3-4,7,11,13,15,20H,5-6H2,1-2H3,(H2,19,22). The van der Waals surface area contributed by atoms with Gasteiger partial charge >= 0.3 is 6.61 Å². The van der Waals surface area contributed by atoms with Gasteiger partial charge in [-0.2, -0.15) is 8.78 Å². The molecule has 1 fully saturated rings. The second-order valence-electron chi connectivity index (χ2n) is 6.79. The third kappa shape index (κ3) is 2.65. The van der Waals surface area contributed by atoms with Crippen LogP contribution in [0.5, 0.6) is 5.75 Å². The van der Waals surface area contributed by atoms with Gasteiger partial charge in [0.05, 0.1) is 11.5 Å². The van der Waals surface area contributed by atoms with Gasteiger partial charge in [-0.1, -0.05) is 13.8 Å². The Morgan fingerprint density at radius 2 is 2.17 bits per heavy atom. The predicted molar refractivity (Wildman–Crippen MR) is 82.6 cm³/mol. The minimum Gasteiger partial charge on any atom is -0.435 e. The third-order valence-corrected chi connectivity index (χ3v) is 4.81. The van der Waals surface area contributed by atoms with Crippen molar-refractivity contribution in [3.63, 3.8) is 0 Å². The summed E-state index contributed by atoms with van der Waals surface area (Å²) in [6, 6.07) is 4.14. The van der Waals surface area contributed by atoms with Crippen LogP contribution < -0.4 is 15.8 Å². The van der Waals surface area contributed by atoms with E-state index in [4.69, 9.17) is 5.73 Å². The van der Waals surface area contributed by atoms with E-state index in [-0.39, 0.29) is 22.6 Å². The maximum atomic E-state index is 12.8. The van der Waals surface area contributed by atoms with E-state index >= 15 is 0 Å². The van der Waals surface area contributed by atoms with Crippen molar-refractivity contribution in [2.24, 2.45) is 17.1 Å². The van der Waals surface area contributed by atoms with Gasteiger partial charge in [-0.15, -0.1) is 0 Å². The fourth-order valence-electron chi connectivity index (χ4n) is 3.56. The molecule has 0 spiro atoms. The van der Waals surface area contributed by atoms with E-state index in [2.05, 4.69) is 10.1 Å². The Balaban J connectivity index is 1.98. The summed E-state index contributed by atoms with van der Waals surface area (Å²) in [5.41, 5.74) is 5.94. The lowest BCUT2D eigenvalue weighted by Crippen LogP contribution is -2.63. The van der Waals surface area contributed by atoms with E-state index in [0.717, 1.165) is 0 Å². The van der Waals surface area contributed by atoms with Crippen molar-refractivity contribution in [1.29, 1.82) is 0 Å². The lowest BCUT2D eigenvalue weighted by atomic mass is 9.70. The summed E-state index contributed by atoms with van der Waals surface area (Å²) >= 11 is 0. The average Bonchev–Trinajstić information content (AvgIpc) is 2.46. The number of rotatable bonds is 3. The van der Waals surface area contributed by atoms with Gasteiger partial charge in [0.25, 0.3) is 5.91 Å². The van der Waals surface area contributed by atoms with Crippen molar-refractivity contribution in [3.8, 4) is 5.75 Å². The first-order valence-corrected chi connectivity index (χ1v) is 7.66. The van der Waals surface area contributed by atoms with Crippen LogP contribution in [-0.2, 0) is 4.79 Å². The maximum absolute atomic E-state index is 12.8. The monoisotopic (exact) mass is 339 g/mol. The van der Waals surface area contributed by atoms with Gasteiger partial charge in [-0.3, -0.25) is 9.59 Å². The summed E-state index contributed by atoms with van der Waals surface area (Å²) in [5.74, 6) is -1.44. The summed E-state index contributed by atoms with van der Waals surface area (Å²) in [6.45, 7) is 1.38. The SMILES string of the molecule is CC1(C)CCN2C(=O)c3cc(OC(F)F)ccc3NC2C1C(N)=O. The fraction of sp³-hybridized carbons (Fsp3) is 0.500. The molecule has 2 aliphatic heterocycles. The molecule has 2 atom stereocenters. The number of ether oxygens (including phenoxy) is 1. The number of amides is 2. The maximum Gasteiger partial charge on any atom is 0.387 e. The minimum atomic E-state index is -2.96. The van der Waals surface area contributed by atoms with Gasteiger partial charge in [0, 0.05) is 12.2 Å². The number of halogens is 2. The second-order valence-corrected chi connectivity index (χ2v) is 6.79. The molecule has 3 N–H and O–H groups in total. The van der Waals surface area contributed by atoms with Gasteiger partial charge in [-0.25, -0.2) is 0 Å². The lowest BCUT2D eigenvalue weighted by Gasteiger charge is -2.50. The molecule has 130 valence electrons. The molecule has 0 radical (unpaired) electrons. The van der Waals surface area contributed by atoms with E-state index in [9.17, 15) is 18.4 Å². The Kier molecular flexibility index (Phi) is 3.85. The number of carbonyl (C=O) groups is 2. The molecule has 0 saturated carbocycles. The zero-order chi connectivity index (χ0) is 17.6. The van der Waals surface area contributed by atoms with Crippen molar-refractivity contribution in [3.05, 3.63) is 23.8 Å². The molecule has 1 saturated heterocycles. The normalized spacial score (nSPS) is 24.9. The molecule has 1 aromatic rings. The van der Waals surface area contributed by atoms with Crippen LogP contribution in [0.25, 0.3) is 0 Å². The molecule has 0 aliphatic carbocycles. The summed E-state index contributed by atoms with van der Waals surface area (Å²) in [4.78, 5) is 26.3. The van der Waals surface area contributed by atoms with Gasteiger partial charge in [-0.05, 0) is 30.0 Å². The van der Waals surface area contributed by atoms with Crippen molar-refractivity contribution < 1.29 is 23.1 Å².